The van der Waals surface area contributed by atoms with E-state index in [1.165, 1.54) is 17.9 Å². The van der Waals surface area contributed by atoms with E-state index in [2.05, 4.69) is 0 Å². The van der Waals surface area contributed by atoms with Gasteiger partial charge in [0.1, 0.15) is 17.1 Å². The van der Waals surface area contributed by atoms with E-state index in [1.54, 1.807) is 32.2 Å². The highest BCUT2D eigenvalue weighted by molar-refractivity contribution is 6.02. The van der Waals surface area contributed by atoms with Gasteiger partial charge in [0.15, 0.2) is 5.76 Å². The lowest BCUT2D eigenvalue weighted by molar-refractivity contribution is -0.128. The topological polar surface area (TPSA) is 63.0 Å². The first-order valence-electron chi connectivity index (χ1n) is 10.4. The van der Waals surface area contributed by atoms with Crippen molar-refractivity contribution >= 4 is 28.4 Å². The van der Waals surface area contributed by atoms with Gasteiger partial charge in [-0.2, -0.15) is 0 Å². The minimum Gasteiger partial charge on any atom is -0.496 e. The molecule has 0 saturated heterocycles. The molecule has 3 aromatic rings. The highest BCUT2D eigenvalue weighted by atomic mass is 19.1. The molecule has 0 fully saturated rings. The fourth-order valence-corrected chi connectivity index (χ4v) is 4.01. The summed E-state index contributed by atoms with van der Waals surface area (Å²) in [5, 5.41) is 0.217. The maximum Gasteiger partial charge on any atom is 0.289 e. The Kier molecular flexibility index (Phi) is 5.74. The van der Waals surface area contributed by atoms with Gasteiger partial charge >= 0.3 is 0 Å². The summed E-state index contributed by atoms with van der Waals surface area (Å²) in [6.45, 7) is 2.44. The number of hydrogen-bond acceptors (Lipinski definition) is 4. The van der Waals surface area contributed by atoms with Crippen LogP contribution in [0.3, 0.4) is 0 Å². The minimum atomic E-state index is -0.475. The molecule has 7 heteroatoms. The second-order valence-electron chi connectivity index (χ2n) is 8.00. The van der Waals surface area contributed by atoms with E-state index in [0.717, 1.165) is 11.1 Å². The number of furan rings is 1. The molecule has 0 N–H and O–H groups in total. The quantitative estimate of drug-likeness (QED) is 0.600. The molecular formula is C25H25FN2O4. The van der Waals surface area contributed by atoms with Gasteiger partial charge < -0.3 is 19.0 Å². The van der Waals surface area contributed by atoms with Crippen LogP contribution in [-0.2, 0) is 4.79 Å². The number of fused-ring (bicyclic) bond motifs is 1. The Balaban J connectivity index is 1.98. The molecule has 1 aliphatic rings. The summed E-state index contributed by atoms with van der Waals surface area (Å²) < 4.78 is 27.2. The Morgan fingerprint density at radius 3 is 2.56 bits per heavy atom. The molecule has 1 aromatic heterocycles. The van der Waals surface area contributed by atoms with Gasteiger partial charge in [0.05, 0.1) is 12.5 Å². The summed E-state index contributed by atoms with van der Waals surface area (Å²) in [6.07, 6.45) is 2.60. The Labute approximate surface area is 185 Å². The Morgan fingerprint density at radius 1 is 1.12 bits per heavy atom. The SMILES string of the molecule is COc1ccccc1-c1cc(C2=CCCN(C(C)=O)C2)c(F)c2cc(C(=O)N(C)C)oc12. The van der Waals surface area contributed by atoms with Crippen molar-refractivity contribution in [3.63, 3.8) is 0 Å². The normalized spacial score (nSPS) is 13.8. The van der Waals surface area contributed by atoms with E-state index >= 15 is 4.39 Å². The Morgan fingerprint density at radius 2 is 1.88 bits per heavy atom. The fourth-order valence-electron chi connectivity index (χ4n) is 4.01. The first-order chi connectivity index (χ1) is 15.3. The largest absolute Gasteiger partial charge is 0.496 e. The molecule has 0 unspecified atom stereocenters. The molecule has 0 atom stereocenters. The molecule has 2 heterocycles. The van der Waals surface area contributed by atoms with Gasteiger partial charge in [-0.25, -0.2) is 4.39 Å². The number of rotatable bonds is 4. The predicted octanol–water partition coefficient (Wildman–Crippen LogP) is 4.58. The van der Waals surface area contributed by atoms with Gasteiger partial charge in [0.2, 0.25) is 5.91 Å². The lowest BCUT2D eigenvalue weighted by atomic mass is 9.93. The first-order valence-corrected chi connectivity index (χ1v) is 10.4. The Hall–Kier alpha value is -3.61. The number of ether oxygens (including phenoxy) is 1. The van der Waals surface area contributed by atoms with E-state index in [1.807, 2.05) is 30.3 Å². The molecular weight excluding hydrogens is 411 g/mol. The second kappa shape index (κ2) is 8.49. The molecule has 166 valence electrons. The number of halogens is 1. The molecule has 0 aliphatic carbocycles. The van der Waals surface area contributed by atoms with Crippen LogP contribution in [0.1, 0.15) is 29.5 Å². The van der Waals surface area contributed by atoms with Gasteiger partial charge in [-0.1, -0.05) is 24.3 Å². The van der Waals surface area contributed by atoms with E-state index in [9.17, 15) is 9.59 Å². The summed E-state index contributed by atoms with van der Waals surface area (Å²) in [4.78, 5) is 27.5. The zero-order chi connectivity index (χ0) is 23.0. The van der Waals surface area contributed by atoms with E-state index < -0.39 is 5.82 Å². The summed E-state index contributed by atoms with van der Waals surface area (Å²) in [7, 11) is 4.79. The number of hydrogen-bond donors (Lipinski definition) is 0. The zero-order valence-electron chi connectivity index (χ0n) is 18.6. The summed E-state index contributed by atoms with van der Waals surface area (Å²) >= 11 is 0. The molecule has 0 bridgehead atoms. The van der Waals surface area contributed by atoms with Crippen LogP contribution in [0.25, 0.3) is 27.7 Å². The minimum absolute atomic E-state index is 0.0517. The molecule has 0 saturated carbocycles. The van der Waals surface area contributed by atoms with Crippen molar-refractivity contribution < 1.29 is 23.1 Å². The van der Waals surface area contributed by atoms with Crippen LogP contribution < -0.4 is 4.74 Å². The van der Waals surface area contributed by atoms with Gasteiger partial charge in [-0.05, 0) is 24.1 Å². The Bertz CT molecular complexity index is 1240. The van der Waals surface area contributed by atoms with Gasteiger partial charge in [0.25, 0.3) is 5.91 Å². The van der Waals surface area contributed by atoms with Gasteiger partial charge in [-0.3, -0.25) is 9.59 Å². The molecule has 1 aliphatic heterocycles. The first kappa shape index (κ1) is 21.6. The van der Waals surface area contributed by atoms with E-state index in [0.29, 0.717) is 36.4 Å². The standard InChI is InChI=1S/C25H25FN2O4/c1-15(29)28-11-7-8-16(14-28)18-12-19(17-9-5-6-10-21(17)31-4)24-20(23(18)26)13-22(32-24)25(30)27(2)3/h5-6,8-10,12-13H,7,11,14H2,1-4H3. The van der Waals surface area contributed by atoms with Crippen molar-refractivity contribution in [1.82, 2.24) is 9.80 Å². The number of benzene rings is 2. The van der Waals surface area contributed by atoms with Crippen LogP contribution in [-0.4, -0.2) is 55.9 Å². The third-order valence-corrected chi connectivity index (χ3v) is 5.69. The average molecular weight is 436 g/mol. The van der Waals surface area contributed by atoms with Crippen molar-refractivity contribution in [1.29, 1.82) is 0 Å². The predicted molar refractivity (Wildman–Crippen MR) is 121 cm³/mol. The molecule has 0 spiro atoms. The monoisotopic (exact) mass is 436 g/mol. The lowest BCUT2D eigenvalue weighted by Crippen LogP contribution is -2.33. The summed E-state index contributed by atoms with van der Waals surface area (Å²) in [5.41, 5.74) is 2.73. The number of para-hydroxylation sites is 1. The highest BCUT2D eigenvalue weighted by Crippen LogP contribution is 2.41. The average Bonchev–Trinajstić information content (AvgIpc) is 3.25. The molecule has 6 nitrogen and oxygen atoms in total. The van der Waals surface area contributed by atoms with Crippen LogP contribution in [0.4, 0.5) is 4.39 Å². The lowest BCUT2D eigenvalue weighted by Gasteiger charge is -2.27. The van der Waals surface area contributed by atoms with Crippen LogP contribution >= 0.6 is 0 Å². The van der Waals surface area contributed by atoms with Crippen LogP contribution in [0.15, 0.2) is 46.9 Å². The zero-order valence-corrected chi connectivity index (χ0v) is 18.6. The number of amides is 2. The molecule has 0 radical (unpaired) electrons. The van der Waals surface area contributed by atoms with Gasteiger partial charge in [-0.15, -0.1) is 0 Å². The van der Waals surface area contributed by atoms with Gasteiger partial charge in [0, 0.05) is 56.9 Å². The van der Waals surface area contributed by atoms with Crippen molar-refractivity contribution in [2.24, 2.45) is 0 Å². The molecule has 2 aromatic carbocycles. The van der Waals surface area contributed by atoms with Crippen molar-refractivity contribution in [3.05, 3.63) is 59.6 Å². The van der Waals surface area contributed by atoms with Crippen LogP contribution in [0.2, 0.25) is 0 Å². The number of carbonyl (C=O) groups is 2. The number of carbonyl (C=O) groups excluding carboxylic acids is 2. The van der Waals surface area contributed by atoms with Crippen LogP contribution in [0, 0.1) is 5.82 Å². The van der Waals surface area contributed by atoms with E-state index in [4.69, 9.17) is 9.15 Å². The number of nitrogens with zero attached hydrogens (tertiary/aromatic N) is 2. The highest BCUT2D eigenvalue weighted by Gasteiger charge is 2.26. The maximum absolute atomic E-state index is 15.8. The molecule has 4 rings (SSSR count). The molecule has 32 heavy (non-hydrogen) atoms. The second-order valence-corrected chi connectivity index (χ2v) is 8.00. The van der Waals surface area contributed by atoms with Crippen molar-refractivity contribution in [2.75, 3.05) is 34.3 Å². The summed E-state index contributed by atoms with van der Waals surface area (Å²) in [6, 6.07) is 10.6. The molecule has 2 amide bonds. The van der Waals surface area contributed by atoms with Crippen molar-refractivity contribution in [3.8, 4) is 16.9 Å². The third-order valence-electron chi connectivity index (χ3n) is 5.69. The van der Waals surface area contributed by atoms with E-state index in [-0.39, 0.29) is 28.5 Å². The smallest absolute Gasteiger partial charge is 0.289 e. The fraction of sp³-hybridized carbons (Fsp3) is 0.280. The maximum atomic E-state index is 15.8. The van der Waals surface area contributed by atoms with Crippen LogP contribution in [0.5, 0.6) is 5.75 Å². The summed E-state index contributed by atoms with van der Waals surface area (Å²) in [5.74, 6) is -0.222. The van der Waals surface area contributed by atoms with Crippen molar-refractivity contribution in [2.45, 2.75) is 13.3 Å². The number of methoxy groups -OCH3 is 1. The third kappa shape index (κ3) is 3.75.